The smallest absolute Gasteiger partial charge is 0.336 e. The van der Waals surface area contributed by atoms with Crippen LogP contribution in [0.2, 0.25) is 0 Å². The van der Waals surface area contributed by atoms with Crippen molar-refractivity contribution >= 4 is 37.9 Å². The summed E-state index contributed by atoms with van der Waals surface area (Å²) in [6.07, 6.45) is 0. The van der Waals surface area contributed by atoms with Crippen LogP contribution in [0.4, 0.5) is 0 Å². The zero-order valence-electron chi connectivity index (χ0n) is 15.1. The average Bonchev–Trinajstić information content (AvgIpc) is 2.89. The summed E-state index contributed by atoms with van der Waals surface area (Å²) in [5.74, 6) is 0.710. The molecule has 0 aliphatic carbocycles. The lowest BCUT2D eigenvalue weighted by molar-refractivity contribution is 0.557. The topological polar surface area (TPSA) is 43.4 Å². The first kappa shape index (κ1) is 17.1. The van der Waals surface area contributed by atoms with Gasteiger partial charge in [0.1, 0.15) is 16.9 Å². The molecule has 0 fully saturated rings. The highest BCUT2D eigenvalue weighted by atomic mass is 79.9. The molecule has 132 valence electrons. The summed E-state index contributed by atoms with van der Waals surface area (Å²) in [6, 6.07) is 13.4. The summed E-state index contributed by atoms with van der Waals surface area (Å²) < 4.78 is 12.5. The molecule has 3 nitrogen and oxygen atoms in total. The lowest BCUT2D eigenvalue weighted by Crippen LogP contribution is -2.11. The second-order valence-electron chi connectivity index (χ2n) is 7.64. The van der Waals surface area contributed by atoms with Crippen LogP contribution in [0, 0.1) is 6.92 Å². The van der Waals surface area contributed by atoms with Gasteiger partial charge in [0.05, 0.1) is 0 Å². The van der Waals surface area contributed by atoms with E-state index in [1.165, 1.54) is 11.6 Å². The number of hydrogen-bond acceptors (Lipinski definition) is 3. The second kappa shape index (κ2) is 5.85. The molecular formula is C22H19BrO3. The second-order valence-corrected chi connectivity index (χ2v) is 8.55. The van der Waals surface area contributed by atoms with Gasteiger partial charge in [0.15, 0.2) is 0 Å². The fourth-order valence-corrected chi connectivity index (χ4v) is 3.63. The zero-order chi connectivity index (χ0) is 18.6. The highest BCUT2D eigenvalue weighted by molar-refractivity contribution is 9.10. The number of rotatable bonds is 1. The Balaban J connectivity index is 2.07. The minimum absolute atomic E-state index is 0.00458. The molecule has 0 atom stereocenters. The predicted octanol–water partition coefficient (Wildman–Crippen LogP) is 6.57. The van der Waals surface area contributed by atoms with Crippen LogP contribution in [0.5, 0.6) is 0 Å². The molecule has 0 saturated carbocycles. The maximum absolute atomic E-state index is 12.1. The van der Waals surface area contributed by atoms with Gasteiger partial charge in [-0.2, -0.15) is 0 Å². The fourth-order valence-electron chi connectivity index (χ4n) is 3.27. The molecule has 0 aliphatic rings. The van der Waals surface area contributed by atoms with Crippen LogP contribution in [0.25, 0.3) is 33.3 Å². The van der Waals surface area contributed by atoms with Gasteiger partial charge in [0.25, 0.3) is 0 Å². The number of benzene rings is 2. The van der Waals surface area contributed by atoms with E-state index >= 15 is 0 Å². The first-order chi connectivity index (χ1) is 12.2. The standard InChI is InChI=1S/C22H19BrO3/c1-12-15-10-14(23)6-8-18(15)26-21(12)17-11-20(24)25-19-7-5-13(9-16(17)19)22(2,3)4/h5-11H,1-4H3. The van der Waals surface area contributed by atoms with Gasteiger partial charge in [-0.05, 0) is 48.2 Å². The van der Waals surface area contributed by atoms with Crippen molar-refractivity contribution in [3.8, 4) is 11.3 Å². The predicted molar refractivity (Wildman–Crippen MR) is 109 cm³/mol. The maximum Gasteiger partial charge on any atom is 0.336 e. The third kappa shape index (κ3) is 2.78. The largest absolute Gasteiger partial charge is 0.456 e. The first-order valence-corrected chi connectivity index (χ1v) is 9.31. The number of furan rings is 1. The Morgan fingerprint density at radius 2 is 1.58 bits per heavy atom. The van der Waals surface area contributed by atoms with E-state index in [0.29, 0.717) is 11.3 Å². The number of aryl methyl sites for hydroxylation is 1. The van der Waals surface area contributed by atoms with E-state index in [-0.39, 0.29) is 11.0 Å². The quantitative estimate of drug-likeness (QED) is 0.333. The molecule has 2 aromatic heterocycles. The van der Waals surface area contributed by atoms with Gasteiger partial charge in [-0.3, -0.25) is 0 Å². The van der Waals surface area contributed by atoms with Gasteiger partial charge < -0.3 is 8.83 Å². The van der Waals surface area contributed by atoms with Crippen molar-refractivity contribution in [1.29, 1.82) is 0 Å². The number of hydrogen-bond donors (Lipinski definition) is 0. The summed E-state index contributed by atoms with van der Waals surface area (Å²) in [4.78, 5) is 12.1. The third-order valence-corrected chi connectivity index (χ3v) is 5.24. The zero-order valence-corrected chi connectivity index (χ0v) is 16.7. The van der Waals surface area contributed by atoms with Crippen molar-refractivity contribution in [2.45, 2.75) is 33.1 Å². The molecule has 4 rings (SSSR count). The van der Waals surface area contributed by atoms with Gasteiger partial charge in [-0.1, -0.05) is 42.8 Å². The normalized spacial score (nSPS) is 12.2. The van der Waals surface area contributed by atoms with Crippen LogP contribution in [-0.4, -0.2) is 0 Å². The third-order valence-electron chi connectivity index (χ3n) is 4.75. The lowest BCUT2D eigenvalue weighted by atomic mass is 9.86. The van der Waals surface area contributed by atoms with Crippen molar-refractivity contribution in [2.75, 3.05) is 0 Å². The summed E-state index contributed by atoms with van der Waals surface area (Å²) in [6.45, 7) is 8.51. The molecule has 2 aromatic carbocycles. The van der Waals surface area contributed by atoms with E-state index in [1.807, 2.05) is 37.3 Å². The Kier molecular flexibility index (Phi) is 3.85. The molecule has 26 heavy (non-hydrogen) atoms. The van der Waals surface area contributed by atoms with E-state index in [1.54, 1.807) is 0 Å². The summed E-state index contributed by atoms with van der Waals surface area (Å²) >= 11 is 3.51. The van der Waals surface area contributed by atoms with E-state index in [4.69, 9.17) is 8.83 Å². The van der Waals surface area contributed by atoms with Crippen molar-refractivity contribution in [2.24, 2.45) is 0 Å². The fraction of sp³-hybridized carbons (Fsp3) is 0.227. The Labute approximate surface area is 159 Å². The average molecular weight is 411 g/mol. The number of fused-ring (bicyclic) bond motifs is 2. The van der Waals surface area contributed by atoms with Crippen LogP contribution in [-0.2, 0) is 5.41 Å². The molecule has 0 radical (unpaired) electrons. The summed E-state index contributed by atoms with van der Waals surface area (Å²) in [5, 5.41) is 1.92. The molecule has 0 spiro atoms. The molecule has 0 aliphatic heterocycles. The van der Waals surface area contributed by atoms with Crippen LogP contribution in [0.3, 0.4) is 0 Å². The van der Waals surface area contributed by atoms with Gasteiger partial charge in [0, 0.05) is 32.4 Å². The Hall–Kier alpha value is -2.33. The van der Waals surface area contributed by atoms with Crippen molar-refractivity contribution in [3.63, 3.8) is 0 Å². The number of halogens is 1. The SMILES string of the molecule is Cc1c(-c2cc(=O)oc3ccc(C(C)(C)C)cc23)oc2ccc(Br)cc12. The minimum Gasteiger partial charge on any atom is -0.456 e. The Morgan fingerprint density at radius 3 is 2.31 bits per heavy atom. The van der Waals surface area contributed by atoms with Crippen molar-refractivity contribution < 1.29 is 8.83 Å². The lowest BCUT2D eigenvalue weighted by Gasteiger charge is -2.19. The highest BCUT2D eigenvalue weighted by Crippen LogP contribution is 2.38. The molecule has 2 heterocycles. The van der Waals surface area contributed by atoms with E-state index in [0.717, 1.165) is 32.0 Å². The van der Waals surface area contributed by atoms with E-state index in [9.17, 15) is 4.79 Å². The molecule has 0 bridgehead atoms. The summed E-state index contributed by atoms with van der Waals surface area (Å²) in [7, 11) is 0. The van der Waals surface area contributed by atoms with Crippen molar-refractivity contribution in [3.05, 3.63) is 68.5 Å². The van der Waals surface area contributed by atoms with Gasteiger partial charge in [0.2, 0.25) is 0 Å². The van der Waals surface area contributed by atoms with Crippen LogP contribution < -0.4 is 5.63 Å². The molecule has 0 unspecified atom stereocenters. The van der Waals surface area contributed by atoms with E-state index < -0.39 is 0 Å². The molecule has 4 heteroatoms. The Morgan fingerprint density at radius 1 is 0.885 bits per heavy atom. The van der Waals surface area contributed by atoms with Crippen LogP contribution >= 0.6 is 15.9 Å². The maximum atomic E-state index is 12.1. The van der Waals surface area contributed by atoms with E-state index in [2.05, 4.69) is 42.8 Å². The summed E-state index contributed by atoms with van der Waals surface area (Å²) in [5.41, 5.74) is 3.95. The first-order valence-electron chi connectivity index (χ1n) is 8.51. The molecule has 0 N–H and O–H groups in total. The van der Waals surface area contributed by atoms with Gasteiger partial charge >= 0.3 is 5.63 Å². The van der Waals surface area contributed by atoms with Crippen LogP contribution in [0.15, 0.2) is 60.6 Å². The molecular weight excluding hydrogens is 392 g/mol. The van der Waals surface area contributed by atoms with Crippen molar-refractivity contribution in [1.82, 2.24) is 0 Å². The van der Waals surface area contributed by atoms with Gasteiger partial charge in [-0.25, -0.2) is 4.79 Å². The highest BCUT2D eigenvalue weighted by Gasteiger charge is 2.20. The Bertz CT molecular complexity index is 1210. The van der Waals surface area contributed by atoms with Gasteiger partial charge in [-0.15, -0.1) is 0 Å². The minimum atomic E-state index is -0.378. The molecule has 4 aromatic rings. The van der Waals surface area contributed by atoms with Crippen LogP contribution in [0.1, 0.15) is 31.9 Å². The monoisotopic (exact) mass is 410 g/mol. The molecule has 0 amide bonds. The molecule has 0 saturated heterocycles.